The molecule has 0 aliphatic rings. The number of benzene rings is 1. The van der Waals surface area contributed by atoms with Crippen LogP contribution in [0.15, 0.2) is 34.9 Å². The zero-order valence-electron chi connectivity index (χ0n) is 10.2. The lowest BCUT2D eigenvalue weighted by Crippen LogP contribution is -2.30. The predicted molar refractivity (Wildman–Crippen MR) is 75.9 cm³/mol. The molecule has 1 aromatic heterocycles. The van der Waals surface area contributed by atoms with E-state index in [1.165, 1.54) is 10.9 Å². The highest BCUT2D eigenvalue weighted by Crippen LogP contribution is 2.29. The van der Waals surface area contributed by atoms with Crippen LogP contribution in [0.3, 0.4) is 0 Å². The molecule has 1 amide bonds. The van der Waals surface area contributed by atoms with Gasteiger partial charge in [-0.05, 0) is 35.3 Å². The summed E-state index contributed by atoms with van der Waals surface area (Å²) in [6, 6.07) is 8.45. The largest absolute Gasteiger partial charge is 0.344 e. The SMILES string of the molecule is CC(CCC(=O)NN)n1cc(Br)c2ccccc21. The number of carbonyl (C=O) groups is 1. The zero-order chi connectivity index (χ0) is 13.1. The number of nitrogens with zero attached hydrogens (tertiary/aromatic N) is 1. The van der Waals surface area contributed by atoms with Crippen LogP contribution in [0.2, 0.25) is 0 Å². The molecule has 18 heavy (non-hydrogen) atoms. The van der Waals surface area contributed by atoms with Crippen molar-refractivity contribution in [1.82, 2.24) is 9.99 Å². The van der Waals surface area contributed by atoms with Gasteiger partial charge in [0.25, 0.3) is 0 Å². The van der Waals surface area contributed by atoms with Crippen molar-refractivity contribution in [1.29, 1.82) is 0 Å². The average Bonchev–Trinajstić information content (AvgIpc) is 2.74. The number of rotatable bonds is 4. The number of hydrogen-bond donors (Lipinski definition) is 2. The molecule has 2 aromatic rings. The Bertz CT molecular complexity index is 564. The van der Waals surface area contributed by atoms with E-state index in [0.29, 0.717) is 6.42 Å². The van der Waals surface area contributed by atoms with Crippen molar-refractivity contribution in [3.8, 4) is 0 Å². The Hall–Kier alpha value is -1.33. The summed E-state index contributed by atoms with van der Waals surface area (Å²) in [5, 5.41) is 1.19. The van der Waals surface area contributed by atoms with Crippen LogP contribution in [0.4, 0.5) is 0 Å². The van der Waals surface area contributed by atoms with Gasteiger partial charge in [-0.3, -0.25) is 10.2 Å². The van der Waals surface area contributed by atoms with Gasteiger partial charge in [0.2, 0.25) is 5.91 Å². The minimum atomic E-state index is -0.127. The first-order valence-corrected chi connectivity index (χ1v) is 6.67. The summed E-state index contributed by atoms with van der Waals surface area (Å²) in [6.45, 7) is 2.10. The summed E-state index contributed by atoms with van der Waals surface area (Å²) in [7, 11) is 0. The predicted octanol–water partition coefficient (Wildman–Crippen LogP) is 2.73. The number of nitrogens with one attached hydrogen (secondary N) is 1. The summed E-state index contributed by atoms with van der Waals surface area (Å²) in [5.74, 6) is 4.95. The number of carbonyl (C=O) groups excluding carboxylic acids is 1. The Kier molecular flexibility index (Phi) is 4.04. The van der Waals surface area contributed by atoms with Gasteiger partial charge in [-0.15, -0.1) is 0 Å². The van der Waals surface area contributed by atoms with Crippen LogP contribution in [-0.4, -0.2) is 10.5 Å². The second-order valence-corrected chi connectivity index (χ2v) is 5.21. The van der Waals surface area contributed by atoms with Gasteiger partial charge in [-0.1, -0.05) is 18.2 Å². The maximum Gasteiger partial charge on any atom is 0.233 e. The third kappa shape index (κ3) is 2.57. The van der Waals surface area contributed by atoms with E-state index in [4.69, 9.17) is 5.84 Å². The number of amides is 1. The molecule has 2 rings (SSSR count). The molecule has 0 saturated carbocycles. The Morgan fingerprint density at radius 2 is 2.22 bits per heavy atom. The molecule has 0 spiro atoms. The molecule has 0 saturated heterocycles. The minimum absolute atomic E-state index is 0.127. The van der Waals surface area contributed by atoms with E-state index in [0.717, 1.165) is 10.9 Å². The van der Waals surface area contributed by atoms with E-state index in [-0.39, 0.29) is 11.9 Å². The van der Waals surface area contributed by atoms with Crippen molar-refractivity contribution in [3.05, 3.63) is 34.9 Å². The van der Waals surface area contributed by atoms with E-state index in [1.54, 1.807) is 0 Å². The topological polar surface area (TPSA) is 60.1 Å². The maximum absolute atomic E-state index is 11.2. The van der Waals surface area contributed by atoms with Crippen molar-refractivity contribution < 1.29 is 4.79 Å². The number of nitrogens with two attached hydrogens (primary N) is 1. The lowest BCUT2D eigenvalue weighted by Gasteiger charge is -2.14. The van der Waals surface area contributed by atoms with Gasteiger partial charge in [-0.25, -0.2) is 5.84 Å². The maximum atomic E-state index is 11.2. The third-order valence-corrected chi connectivity index (χ3v) is 3.75. The molecule has 1 aromatic carbocycles. The van der Waals surface area contributed by atoms with Crippen LogP contribution >= 0.6 is 15.9 Å². The highest BCUT2D eigenvalue weighted by molar-refractivity contribution is 9.10. The van der Waals surface area contributed by atoms with E-state index in [1.807, 2.05) is 12.1 Å². The molecule has 0 aliphatic heterocycles. The van der Waals surface area contributed by atoms with Crippen molar-refractivity contribution in [2.45, 2.75) is 25.8 Å². The number of hydrogen-bond acceptors (Lipinski definition) is 2. The van der Waals surface area contributed by atoms with Crippen molar-refractivity contribution in [2.75, 3.05) is 0 Å². The summed E-state index contributed by atoms with van der Waals surface area (Å²) in [6.07, 6.45) is 3.26. The molecule has 0 radical (unpaired) electrons. The Labute approximate surface area is 114 Å². The van der Waals surface area contributed by atoms with E-state index in [2.05, 4.69) is 51.2 Å². The van der Waals surface area contributed by atoms with Gasteiger partial charge in [0.05, 0.1) is 0 Å². The molecular formula is C13H16BrN3O. The molecule has 1 atom stereocenters. The van der Waals surface area contributed by atoms with Crippen molar-refractivity contribution in [2.24, 2.45) is 5.84 Å². The molecule has 1 unspecified atom stereocenters. The van der Waals surface area contributed by atoms with Crippen LogP contribution in [0.1, 0.15) is 25.8 Å². The molecule has 3 N–H and O–H groups in total. The van der Waals surface area contributed by atoms with Gasteiger partial charge < -0.3 is 4.57 Å². The first-order chi connectivity index (χ1) is 8.63. The van der Waals surface area contributed by atoms with Crippen LogP contribution in [0.25, 0.3) is 10.9 Å². The number of hydrazine groups is 1. The van der Waals surface area contributed by atoms with Crippen LogP contribution in [0.5, 0.6) is 0 Å². The third-order valence-electron chi connectivity index (χ3n) is 3.12. The summed E-state index contributed by atoms with van der Waals surface area (Å²) in [5.41, 5.74) is 3.33. The van der Waals surface area contributed by atoms with Gasteiger partial charge in [0, 0.05) is 34.0 Å². The molecule has 0 bridgehead atoms. The lowest BCUT2D eigenvalue weighted by molar-refractivity contribution is -0.121. The molecule has 1 heterocycles. The number of para-hydroxylation sites is 1. The van der Waals surface area contributed by atoms with Crippen LogP contribution in [-0.2, 0) is 4.79 Å². The normalized spacial score (nSPS) is 12.6. The standard InChI is InChI=1S/C13H16BrN3O/c1-9(6-7-13(18)16-15)17-8-11(14)10-4-2-3-5-12(10)17/h2-5,8-9H,6-7,15H2,1H3,(H,16,18). The minimum Gasteiger partial charge on any atom is -0.344 e. The van der Waals surface area contributed by atoms with Crippen LogP contribution in [0, 0.1) is 0 Å². The first-order valence-electron chi connectivity index (χ1n) is 5.88. The Morgan fingerprint density at radius 1 is 1.50 bits per heavy atom. The highest BCUT2D eigenvalue weighted by Gasteiger charge is 2.12. The van der Waals surface area contributed by atoms with Crippen LogP contribution < -0.4 is 11.3 Å². The summed E-state index contributed by atoms with van der Waals surface area (Å²) in [4.78, 5) is 11.2. The Morgan fingerprint density at radius 3 is 2.94 bits per heavy atom. The quantitative estimate of drug-likeness (QED) is 0.518. The fraction of sp³-hybridized carbons (Fsp3) is 0.308. The van der Waals surface area contributed by atoms with Gasteiger partial charge >= 0.3 is 0 Å². The van der Waals surface area contributed by atoms with E-state index < -0.39 is 0 Å². The molecule has 5 heteroatoms. The summed E-state index contributed by atoms with van der Waals surface area (Å²) >= 11 is 3.56. The Balaban J connectivity index is 2.22. The zero-order valence-corrected chi connectivity index (χ0v) is 11.8. The van der Waals surface area contributed by atoms with E-state index in [9.17, 15) is 4.79 Å². The fourth-order valence-electron chi connectivity index (χ4n) is 2.08. The summed E-state index contributed by atoms with van der Waals surface area (Å²) < 4.78 is 3.26. The molecule has 0 fully saturated rings. The molecular weight excluding hydrogens is 294 g/mol. The average molecular weight is 310 g/mol. The molecule has 96 valence electrons. The second-order valence-electron chi connectivity index (χ2n) is 4.36. The first kappa shape index (κ1) is 13.1. The van der Waals surface area contributed by atoms with Gasteiger partial charge in [0.15, 0.2) is 0 Å². The lowest BCUT2D eigenvalue weighted by atomic mass is 10.1. The highest BCUT2D eigenvalue weighted by atomic mass is 79.9. The number of aromatic nitrogens is 1. The second kappa shape index (κ2) is 5.54. The van der Waals surface area contributed by atoms with Gasteiger partial charge in [0.1, 0.15) is 0 Å². The monoisotopic (exact) mass is 309 g/mol. The number of halogens is 1. The van der Waals surface area contributed by atoms with E-state index >= 15 is 0 Å². The molecule has 0 aliphatic carbocycles. The van der Waals surface area contributed by atoms with Crippen molar-refractivity contribution >= 4 is 32.7 Å². The number of fused-ring (bicyclic) bond motifs is 1. The van der Waals surface area contributed by atoms with Gasteiger partial charge in [-0.2, -0.15) is 0 Å². The smallest absolute Gasteiger partial charge is 0.233 e. The molecule has 4 nitrogen and oxygen atoms in total. The fourth-order valence-corrected chi connectivity index (χ4v) is 2.63. The van der Waals surface area contributed by atoms with Crippen molar-refractivity contribution in [3.63, 3.8) is 0 Å².